The molecule has 0 aliphatic heterocycles. The van der Waals surface area contributed by atoms with Crippen molar-refractivity contribution in [2.45, 2.75) is 0 Å². The van der Waals surface area contributed by atoms with Crippen LogP contribution in [0.3, 0.4) is 0 Å². The molecule has 1 aromatic carbocycles. The van der Waals surface area contributed by atoms with E-state index in [1.54, 1.807) is 0 Å². The Bertz CT molecular complexity index is 313. The van der Waals surface area contributed by atoms with Crippen LogP contribution in [-0.2, 0) is 0 Å². The number of nitrogens with zero attached hydrogens (tertiary/aromatic N) is 1. The fourth-order valence-corrected chi connectivity index (χ4v) is 0.681. The zero-order chi connectivity index (χ0) is 8.27. The number of hydrogen-bond donors (Lipinski definition) is 0. The van der Waals surface area contributed by atoms with E-state index in [1.807, 2.05) is 6.07 Å². The average Bonchev–Trinajstić information content (AvgIpc) is 2.05. The molecule has 0 aliphatic rings. The molecule has 0 saturated heterocycles. The van der Waals surface area contributed by atoms with Gasteiger partial charge in [0.25, 0.3) is 0 Å². The van der Waals surface area contributed by atoms with Crippen molar-refractivity contribution in [3.8, 4) is 6.07 Å². The summed E-state index contributed by atoms with van der Waals surface area (Å²) in [4.78, 5) is 10.2. The number of hydrogen-bond acceptors (Lipinski definition) is 3. The second-order valence-electron chi connectivity index (χ2n) is 1.98. The van der Waals surface area contributed by atoms with Crippen LogP contribution < -0.4 is 56.5 Å². The van der Waals surface area contributed by atoms with Gasteiger partial charge in [-0.25, -0.2) is 0 Å². The van der Waals surface area contributed by atoms with Crippen LogP contribution in [0.2, 0.25) is 0 Å². The van der Waals surface area contributed by atoms with Gasteiger partial charge in [0.2, 0.25) is 0 Å². The average molecular weight is 185 g/mol. The third kappa shape index (κ3) is 3.05. The van der Waals surface area contributed by atoms with Gasteiger partial charge in [-0.2, -0.15) is 5.26 Å². The van der Waals surface area contributed by atoms with E-state index in [9.17, 15) is 9.90 Å². The van der Waals surface area contributed by atoms with Crippen molar-refractivity contribution in [1.82, 2.24) is 0 Å². The maximum Gasteiger partial charge on any atom is 1.00 e. The molecule has 4 heteroatoms. The summed E-state index contributed by atoms with van der Waals surface area (Å²) >= 11 is 0. The van der Waals surface area contributed by atoms with Gasteiger partial charge in [0, 0.05) is 0 Å². The van der Waals surface area contributed by atoms with Gasteiger partial charge in [-0.15, -0.1) is 0 Å². The largest absolute Gasteiger partial charge is 1.00 e. The van der Waals surface area contributed by atoms with Gasteiger partial charge in [0.15, 0.2) is 0 Å². The van der Waals surface area contributed by atoms with Crippen molar-refractivity contribution in [3.05, 3.63) is 35.4 Å². The van der Waals surface area contributed by atoms with Crippen LogP contribution in [0, 0.1) is 11.3 Å². The summed E-state index contributed by atoms with van der Waals surface area (Å²) in [5, 5.41) is 18.6. The van der Waals surface area contributed by atoms with Crippen LogP contribution in [0.25, 0.3) is 0 Å². The molecule has 0 atom stereocenters. The molecule has 0 unspecified atom stereocenters. The molecule has 0 spiro atoms. The third-order valence-electron chi connectivity index (χ3n) is 1.25. The fraction of sp³-hybridized carbons (Fsp3) is 0. The van der Waals surface area contributed by atoms with Crippen molar-refractivity contribution in [2.75, 3.05) is 0 Å². The second kappa shape index (κ2) is 5.46. The summed E-state index contributed by atoms with van der Waals surface area (Å²) in [7, 11) is 0. The van der Waals surface area contributed by atoms with Crippen LogP contribution in [0.15, 0.2) is 24.3 Å². The van der Waals surface area contributed by atoms with Gasteiger partial charge in [-0.3, -0.25) is 0 Å². The van der Waals surface area contributed by atoms with E-state index in [4.69, 9.17) is 5.26 Å². The van der Waals surface area contributed by atoms with Crippen LogP contribution in [-0.4, -0.2) is 5.97 Å². The summed E-state index contributed by atoms with van der Waals surface area (Å²) in [5.74, 6) is -1.23. The van der Waals surface area contributed by atoms with Gasteiger partial charge in [-0.05, 0) is 17.7 Å². The summed E-state index contributed by atoms with van der Waals surface area (Å²) in [5.41, 5.74) is 0.527. The van der Waals surface area contributed by atoms with Crippen molar-refractivity contribution in [3.63, 3.8) is 0 Å². The predicted octanol–water partition coefficient (Wildman–Crippen LogP) is -3.07. The van der Waals surface area contributed by atoms with Crippen LogP contribution in [0.4, 0.5) is 0 Å². The van der Waals surface area contributed by atoms with Gasteiger partial charge >= 0.3 is 51.4 Å². The number of aromatic carboxylic acids is 1. The first-order chi connectivity index (χ1) is 5.24. The number of benzene rings is 1. The number of carboxylic acids is 1. The van der Waals surface area contributed by atoms with E-state index >= 15 is 0 Å². The summed E-state index contributed by atoms with van der Waals surface area (Å²) in [6.45, 7) is 0. The quantitative estimate of drug-likeness (QED) is 0.436. The van der Waals surface area contributed by atoms with E-state index in [0.717, 1.165) is 0 Å². The zero-order valence-electron chi connectivity index (χ0n) is 6.57. The molecule has 0 saturated carbocycles. The molecule has 0 aliphatic carbocycles. The minimum absolute atomic E-state index is 0. The fourth-order valence-electron chi connectivity index (χ4n) is 0.681. The molecule has 12 heavy (non-hydrogen) atoms. The third-order valence-corrected chi connectivity index (χ3v) is 1.25. The Balaban J connectivity index is 0.00000121. The van der Waals surface area contributed by atoms with E-state index in [2.05, 4.69) is 0 Å². The SMILES string of the molecule is N#Cc1ccc(C(=O)[O-])cc1.[K+]. The second-order valence-corrected chi connectivity index (χ2v) is 1.98. The van der Waals surface area contributed by atoms with Crippen molar-refractivity contribution in [1.29, 1.82) is 5.26 Å². The first-order valence-electron chi connectivity index (χ1n) is 2.95. The van der Waals surface area contributed by atoms with Crippen LogP contribution in [0.1, 0.15) is 15.9 Å². The molecule has 0 fully saturated rings. The Labute approximate surface area is 112 Å². The molecule has 1 aromatic rings. The molecule has 3 nitrogen and oxygen atoms in total. The Morgan fingerprint density at radius 1 is 1.33 bits per heavy atom. The monoisotopic (exact) mass is 185 g/mol. The molecular weight excluding hydrogens is 181 g/mol. The molecule has 1 rings (SSSR count). The molecule has 0 aromatic heterocycles. The van der Waals surface area contributed by atoms with Crippen molar-refractivity contribution < 1.29 is 61.3 Å². The topological polar surface area (TPSA) is 63.9 Å². The summed E-state index contributed by atoms with van der Waals surface area (Å²) in [6.07, 6.45) is 0. The Kier molecular flexibility index (Phi) is 5.38. The molecule has 0 N–H and O–H groups in total. The molecular formula is C8H4KNO2. The normalized spacial score (nSPS) is 7.92. The first-order valence-corrected chi connectivity index (χ1v) is 2.95. The maximum atomic E-state index is 10.2. The number of carbonyl (C=O) groups excluding carboxylic acids is 1. The predicted molar refractivity (Wildman–Crippen MR) is 35.5 cm³/mol. The summed E-state index contributed by atoms with van der Waals surface area (Å²) < 4.78 is 0. The summed E-state index contributed by atoms with van der Waals surface area (Å²) in [6, 6.07) is 7.43. The van der Waals surface area contributed by atoms with Gasteiger partial charge in [0.1, 0.15) is 0 Å². The molecule has 0 amide bonds. The van der Waals surface area contributed by atoms with E-state index in [0.29, 0.717) is 5.56 Å². The van der Waals surface area contributed by atoms with E-state index in [1.165, 1.54) is 24.3 Å². The molecule has 0 bridgehead atoms. The van der Waals surface area contributed by atoms with Crippen molar-refractivity contribution in [2.24, 2.45) is 0 Å². The van der Waals surface area contributed by atoms with Gasteiger partial charge in [-0.1, -0.05) is 12.1 Å². The number of rotatable bonds is 1. The van der Waals surface area contributed by atoms with Gasteiger partial charge in [0.05, 0.1) is 17.6 Å². The molecule has 0 heterocycles. The van der Waals surface area contributed by atoms with Crippen molar-refractivity contribution >= 4 is 5.97 Å². The molecule has 0 radical (unpaired) electrons. The van der Waals surface area contributed by atoms with E-state index < -0.39 is 5.97 Å². The number of carboxylic acid groups (broad SMARTS) is 1. The minimum Gasteiger partial charge on any atom is -0.545 e. The van der Waals surface area contributed by atoms with Gasteiger partial charge < -0.3 is 9.90 Å². The molecule has 54 valence electrons. The minimum atomic E-state index is -1.23. The maximum absolute atomic E-state index is 10.2. The Hall–Kier alpha value is -0.184. The van der Waals surface area contributed by atoms with Crippen LogP contribution in [0.5, 0.6) is 0 Å². The Morgan fingerprint density at radius 2 is 1.83 bits per heavy atom. The van der Waals surface area contributed by atoms with E-state index in [-0.39, 0.29) is 56.9 Å². The van der Waals surface area contributed by atoms with Crippen LogP contribution >= 0.6 is 0 Å². The number of carbonyl (C=O) groups is 1. The zero-order valence-corrected chi connectivity index (χ0v) is 9.70. The first kappa shape index (κ1) is 11.8. The Morgan fingerprint density at radius 3 is 2.17 bits per heavy atom. The number of nitriles is 1. The standard InChI is InChI=1S/C8H5NO2.K/c9-5-6-1-3-7(4-2-6)8(10)11;/h1-4H,(H,10,11);/q;+1/p-1. The smallest absolute Gasteiger partial charge is 0.545 e.